The molecule has 4 atom stereocenters. The lowest BCUT2D eigenvalue weighted by atomic mass is 9.83. The van der Waals surface area contributed by atoms with Gasteiger partial charge in [-0.05, 0) is 68.3 Å². The molecule has 0 bridgehead atoms. The molecule has 0 spiro atoms. The van der Waals surface area contributed by atoms with Gasteiger partial charge >= 0.3 is 0 Å². The molecule has 2 N–H and O–H groups in total. The summed E-state index contributed by atoms with van der Waals surface area (Å²) in [6, 6.07) is 8.30. The van der Waals surface area contributed by atoms with Gasteiger partial charge in [-0.15, -0.1) is 0 Å². The number of halogens is 2. The normalized spacial score (nSPS) is 23.9. The van der Waals surface area contributed by atoms with Crippen molar-refractivity contribution >= 4 is 39.9 Å². The van der Waals surface area contributed by atoms with E-state index in [2.05, 4.69) is 34.1 Å². The smallest absolute Gasteiger partial charge is 0.190 e. The van der Waals surface area contributed by atoms with Gasteiger partial charge in [0.2, 0.25) is 0 Å². The van der Waals surface area contributed by atoms with Crippen molar-refractivity contribution in [3.8, 4) is 6.07 Å². The molecule has 1 saturated heterocycles. The Labute approximate surface area is 215 Å². The zero-order chi connectivity index (χ0) is 24.7. The fourth-order valence-electron chi connectivity index (χ4n) is 5.66. The van der Waals surface area contributed by atoms with Gasteiger partial charge in [0.05, 0.1) is 17.9 Å². The molecule has 3 aromatic rings. The maximum atomic E-state index is 9.66. The van der Waals surface area contributed by atoms with Gasteiger partial charge in [0.1, 0.15) is 11.6 Å². The predicted octanol–water partition coefficient (Wildman–Crippen LogP) is 5.22. The molecule has 35 heavy (non-hydrogen) atoms. The average molecular weight is 510 g/mol. The van der Waals surface area contributed by atoms with E-state index in [0.29, 0.717) is 39.2 Å². The number of fused-ring (bicyclic) bond motifs is 1. The molecule has 0 unspecified atom stereocenters. The first-order valence-corrected chi connectivity index (χ1v) is 12.9. The van der Waals surface area contributed by atoms with Gasteiger partial charge in [0.15, 0.2) is 11.3 Å². The number of benzene rings is 1. The SMILES string of the molecule is C[C@@H]1CC(c2cnc3c(C#N)nn([C@H](C)c4ccc(Cl)cc4Cl)c3n2)=CC[C@@H]1N1CCC[C@H]1CN. The minimum absolute atomic E-state index is 0.249. The van der Waals surface area contributed by atoms with Crippen LogP contribution >= 0.6 is 23.2 Å². The highest BCUT2D eigenvalue weighted by Gasteiger charge is 2.35. The molecule has 182 valence electrons. The highest BCUT2D eigenvalue weighted by molar-refractivity contribution is 6.35. The Morgan fingerprint density at radius 2 is 2.14 bits per heavy atom. The standard InChI is InChI=1S/C26H29Cl2N7/c1-15-10-17(5-8-24(15)34-9-3-4-19(34)12-29)23-14-31-25-22(13-30)33-35(26(25)32-23)16(2)20-7-6-18(27)11-21(20)28/h5-7,11,14-16,19,24H,3-4,8-10,12,29H2,1-2H3/t15-,16-,19+,24+/m1/s1. The molecule has 1 aliphatic heterocycles. The molecule has 0 amide bonds. The fourth-order valence-corrected chi connectivity index (χ4v) is 6.23. The molecule has 2 aromatic heterocycles. The molecule has 0 radical (unpaired) electrons. The van der Waals surface area contributed by atoms with Gasteiger partial charge in [0.25, 0.3) is 0 Å². The van der Waals surface area contributed by atoms with Crippen molar-refractivity contribution in [1.82, 2.24) is 24.6 Å². The van der Waals surface area contributed by atoms with Crippen molar-refractivity contribution in [2.45, 2.75) is 57.7 Å². The summed E-state index contributed by atoms with van der Waals surface area (Å²) in [6.07, 6.45) is 8.40. The quantitative estimate of drug-likeness (QED) is 0.506. The third kappa shape index (κ3) is 4.45. The van der Waals surface area contributed by atoms with Crippen molar-refractivity contribution in [1.29, 1.82) is 5.26 Å². The van der Waals surface area contributed by atoms with E-state index in [4.69, 9.17) is 33.9 Å². The third-order valence-corrected chi connectivity index (χ3v) is 8.11. The van der Waals surface area contributed by atoms with Gasteiger partial charge in [-0.25, -0.2) is 14.6 Å². The summed E-state index contributed by atoms with van der Waals surface area (Å²) in [5.74, 6) is 0.492. The van der Waals surface area contributed by atoms with Gasteiger partial charge in [0, 0.05) is 28.7 Å². The molecule has 1 fully saturated rings. The summed E-state index contributed by atoms with van der Waals surface area (Å²) >= 11 is 12.6. The number of hydrogen-bond donors (Lipinski definition) is 1. The molecule has 0 saturated carbocycles. The van der Waals surface area contributed by atoms with Crippen molar-refractivity contribution in [2.75, 3.05) is 13.1 Å². The van der Waals surface area contributed by atoms with Crippen molar-refractivity contribution in [2.24, 2.45) is 11.7 Å². The molecule has 3 heterocycles. The van der Waals surface area contributed by atoms with Crippen molar-refractivity contribution < 1.29 is 0 Å². The van der Waals surface area contributed by atoms with E-state index in [1.54, 1.807) is 23.0 Å². The Morgan fingerprint density at radius 1 is 1.31 bits per heavy atom. The van der Waals surface area contributed by atoms with Gasteiger partial charge in [-0.1, -0.05) is 42.3 Å². The summed E-state index contributed by atoms with van der Waals surface area (Å²) in [6.45, 7) is 6.15. The Balaban J connectivity index is 1.49. The van der Waals surface area contributed by atoms with Crippen LogP contribution in [0.2, 0.25) is 10.0 Å². The number of likely N-dealkylation sites (tertiary alicyclic amines) is 1. The topological polar surface area (TPSA) is 96.6 Å². The van der Waals surface area contributed by atoms with Gasteiger partial charge in [-0.3, -0.25) is 4.90 Å². The monoisotopic (exact) mass is 509 g/mol. The summed E-state index contributed by atoms with van der Waals surface area (Å²) < 4.78 is 1.74. The summed E-state index contributed by atoms with van der Waals surface area (Å²) in [7, 11) is 0. The molecule has 7 nitrogen and oxygen atoms in total. The molecular formula is C26H29Cl2N7. The van der Waals surface area contributed by atoms with Crippen LogP contribution in [0.5, 0.6) is 0 Å². The Morgan fingerprint density at radius 3 is 2.86 bits per heavy atom. The number of nitrogens with two attached hydrogens (primary N) is 1. The first-order valence-electron chi connectivity index (χ1n) is 12.2. The van der Waals surface area contributed by atoms with Crippen LogP contribution in [0.15, 0.2) is 30.5 Å². The predicted molar refractivity (Wildman–Crippen MR) is 139 cm³/mol. The van der Waals surface area contributed by atoms with Crippen LogP contribution in [-0.4, -0.2) is 49.8 Å². The highest BCUT2D eigenvalue weighted by atomic mass is 35.5. The van der Waals surface area contributed by atoms with E-state index in [9.17, 15) is 5.26 Å². The van der Waals surface area contributed by atoms with E-state index in [1.165, 1.54) is 18.4 Å². The zero-order valence-electron chi connectivity index (χ0n) is 20.0. The Bertz CT molecular complexity index is 1330. The lowest BCUT2D eigenvalue weighted by Gasteiger charge is -2.38. The largest absolute Gasteiger partial charge is 0.329 e. The Kier molecular flexibility index (Phi) is 6.82. The average Bonchev–Trinajstić information content (AvgIpc) is 3.47. The lowest BCUT2D eigenvalue weighted by Crippen LogP contribution is -2.46. The number of nitriles is 1. The van der Waals surface area contributed by atoms with Gasteiger partial charge in [-0.2, -0.15) is 10.4 Å². The van der Waals surface area contributed by atoms with Crippen LogP contribution in [0, 0.1) is 17.2 Å². The second-order valence-electron chi connectivity index (χ2n) is 9.66. The van der Waals surface area contributed by atoms with Crippen LogP contribution in [-0.2, 0) is 0 Å². The first kappa shape index (κ1) is 24.2. The molecular weight excluding hydrogens is 481 g/mol. The fraction of sp³-hybridized carbons (Fsp3) is 0.462. The van der Waals surface area contributed by atoms with Crippen LogP contribution in [0.25, 0.3) is 16.7 Å². The summed E-state index contributed by atoms with van der Waals surface area (Å²) in [4.78, 5) is 12.2. The maximum absolute atomic E-state index is 9.66. The van der Waals surface area contributed by atoms with Crippen molar-refractivity contribution in [3.63, 3.8) is 0 Å². The van der Waals surface area contributed by atoms with Crippen LogP contribution in [0.3, 0.4) is 0 Å². The van der Waals surface area contributed by atoms with Crippen molar-refractivity contribution in [3.05, 3.63) is 57.5 Å². The number of hydrogen-bond acceptors (Lipinski definition) is 6. The summed E-state index contributed by atoms with van der Waals surface area (Å²) in [5, 5.41) is 15.3. The minimum atomic E-state index is -0.249. The number of allylic oxidation sites excluding steroid dienone is 1. The second-order valence-corrected chi connectivity index (χ2v) is 10.5. The van der Waals surface area contributed by atoms with E-state index in [1.807, 2.05) is 13.0 Å². The van der Waals surface area contributed by atoms with Gasteiger partial charge < -0.3 is 5.73 Å². The first-order chi connectivity index (χ1) is 16.9. The molecule has 1 aromatic carbocycles. The number of aromatic nitrogens is 4. The van der Waals surface area contributed by atoms with Crippen LogP contribution < -0.4 is 5.73 Å². The van der Waals surface area contributed by atoms with E-state index in [0.717, 1.165) is 37.2 Å². The molecule has 2 aliphatic rings. The third-order valence-electron chi connectivity index (χ3n) is 7.54. The molecule has 5 rings (SSSR count). The molecule has 9 heteroatoms. The number of nitrogens with zero attached hydrogens (tertiary/aromatic N) is 6. The molecule has 1 aliphatic carbocycles. The number of rotatable bonds is 5. The second kappa shape index (κ2) is 9.87. The Hall–Kier alpha value is -2.50. The van der Waals surface area contributed by atoms with E-state index in [-0.39, 0.29) is 11.7 Å². The van der Waals surface area contributed by atoms with Crippen LogP contribution in [0.4, 0.5) is 0 Å². The highest BCUT2D eigenvalue weighted by Crippen LogP contribution is 2.36. The van der Waals surface area contributed by atoms with E-state index < -0.39 is 0 Å². The van der Waals surface area contributed by atoms with E-state index >= 15 is 0 Å². The summed E-state index contributed by atoms with van der Waals surface area (Å²) in [5.41, 5.74) is 10.2. The van der Waals surface area contributed by atoms with Crippen LogP contribution in [0.1, 0.15) is 62.5 Å². The maximum Gasteiger partial charge on any atom is 0.190 e. The zero-order valence-corrected chi connectivity index (χ0v) is 21.5. The lowest BCUT2D eigenvalue weighted by molar-refractivity contribution is 0.135. The minimum Gasteiger partial charge on any atom is -0.329 e.